The molecule has 3 N–H and O–H groups in total. The Morgan fingerprint density at radius 1 is 1.38 bits per heavy atom. The topological polar surface area (TPSA) is 64.3 Å². The summed E-state index contributed by atoms with van der Waals surface area (Å²) in [6.45, 7) is 2.23. The van der Waals surface area contributed by atoms with Crippen molar-refractivity contribution in [2.75, 3.05) is 18.2 Å². The number of nitrogens with two attached hydrogens (primary N) is 1. The van der Waals surface area contributed by atoms with E-state index in [1.807, 2.05) is 0 Å². The van der Waals surface area contributed by atoms with Gasteiger partial charge in [0.2, 0.25) is 0 Å². The smallest absolute Gasteiger partial charge is 0.337 e. The Labute approximate surface area is 126 Å². The summed E-state index contributed by atoms with van der Waals surface area (Å²) in [7, 11) is 1.39. The largest absolute Gasteiger partial charge is 0.465 e. The van der Waals surface area contributed by atoms with E-state index >= 15 is 0 Å². The van der Waals surface area contributed by atoms with Crippen molar-refractivity contribution in [3.05, 3.63) is 23.8 Å². The van der Waals surface area contributed by atoms with Crippen molar-refractivity contribution in [1.29, 1.82) is 0 Å². The van der Waals surface area contributed by atoms with Gasteiger partial charge in [-0.05, 0) is 62.1 Å². The molecule has 21 heavy (non-hydrogen) atoms. The van der Waals surface area contributed by atoms with Crippen LogP contribution in [0.3, 0.4) is 0 Å². The van der Waals surface area contributed by atoms with Gasteiger partial charge in [-0.3, -0.25) is 0 Å². The van der Waals surface area contributed by atoms with E-state index < -0.39 is 0 Å². The molecule has 4 heteroatoms. The van der Waals surface area contributed by atoms with E-state index in [9.17, 15) is 4.79 Å². The number of hydrogen-bond donors (Lipinski definition) is 2. The van der Waals surface area contributed by atoms with Crippen LogP contribution in [0.15, 0.2) is 18.2 Å². The quantitative estimate of drug-likeness (QED) is 0.659. The monoisotopic (exact) mass is 288 g/mol. The molecule has 2 saturated carbocycles. The lowest BCUT2D eigenvalue weighted by atomic mass is 9.84. The summed E-state index contributed by atoms with van der Waals surface area (Å²) < 4.78 is 4.77. The molecule has 114 valence electrons. The molecule has 0 radical (unpaired) electrons. The minimum Gasteiger partial charge on any atom is -0.465 e. The summed E-state index contributed by atoms with van der Waals surface area (Å²) in [5.41, 5.74) is 8.10. The van der Waals surface area contributed by atoms with E-state index in [4.69, 9.17) is 10.5 Å². The third-order valence-electron chi connectivity index (χ3n) is 5.29. The third kappa shape index (κ3) is 2.71. The van der Waals surface area contributed by atoms with Gasteiger partial charge in [0.1, 0.15) is 0 Å². The van der Waals surface area contributed by atoms with Crippen molar-refractivity contribution in [2.45, 2.75) is 38.6 Å². The molecule has 4 unspecified atom stereocenters. The standard InChI is InChI=1S/C17H24N2O2/c1-10(14-8-11-3-4-12(14)7-11)19-16-9-13(17(20)21-2)5-6-15(16)18/h5-6,9-12,14,19H,3-4,7-8,18H2,1-2H3. The van der Waals surface area contributed by atoms with Crippen LogP contribution in [0.4, 0.5) is 11.4 Å². The van der Waals surface area contributed by atoms with Crippen LogP contribution in [0.1, 0.15) is 43.0 Å². The molecule has 0 amide bonds. The molecule has 0 spiro atoms. The molecular formula is C17H24N2O2. The van der Waals surface area contributed by atoms with Crippen LogP contribution in [0.5, 0.6) is 0 Å². The number of esters is 1. The van der Waals surface area contributed by atoms with Gasteiger partial charge >= 0.3 is 5.97 Å². The van der Waals surface area contributed by atoms with Gasteiger partial charge in [-0.15, -0.1) is 0 Å². The highest BCUT2D eigenvalue weighted by Gasteiger charge is 2.41. The molecule has 1 aromatic rings. The first-order valence-electron chi connectivity index (χ1n) is 7.83. The van der Waals surface area contributed by atoms with E-state index in [0.29, 0.717) is 17.3 Å². The maximum atomic E-state index is 11.6. The van der Waals surface area contributed by atoms with Crippen molar-refractivity contribution in [3.63, 3.8) is 0 Å². The van der Waals surface area contributed by atoms with Gasteiger partial charge in [0.05, 0.1) is 24.0 Å². The highest BCUT2D eigenvalue weighted by molar-refractivity contribution is 5.92. The zero-order valence-electron chi connectivity index (χ0n) is 12.8. The van der Waals surface area contributed by atoms with Gasteiger partial charge in [0, 0.05) is 6.04 Å². The summed E-state index contributed by atoms with van der Waals surface area (Å²) in [6.07, 6.45) is 5.51. The summed E-state index contributed by atoms with van der Waals surface area (Å²) >= 11 is 0. The first-order chi connectivity index (χ1) is 10.1. The number of ether oxygens (including phenoxy) is 1. The molecule has 3 rings (SSSR count). The summed E-state index contributed by atoms with van der Waals surface area (Å²) in [4.78, 5) is 11.6. The molecule has 2 aliphatic carbocycles. The second-order valence-electron chi connectivity index (χ2n) is 6.57. The fourth-order valence-electron chi connectivity index (χ4n) is 4.18. The molecule has 2 fully saturated rings. The second-order valence-corrected chi connectivity index (χ2v) is 6.57. The van der Waals surface area contributed by atoms with Gasteiger partial charge < -0.3 is 15.8 Å². The number of benzene rings is 1. The van der Waals surface area contributed by atoms with Crippen LogP contribution >= 0.6 is 0 Å². The zero-order valence-corrected chi connectivity index (χ0v) is 12.8. The Bertz CT molecular complexity index is 544. The lowest BCUT2D eigenvalue weighted by Crippen LogP contribution is -2.30. The third-order valence-corrected chi connectivity index (χ3v) is 5.29. The Hall–Kier alpha value is -1.71. The predicted molar refractivity (Wildman–Crippen MR) is 84.2 cm³/mol. The van der Waals surface area contributed by atoms with Gasteiger partial charge in [0.25, 0.3) is 0 Å². The molecule has 1 aromatic carbocycles. The molecular weight excluding hydrogens is 264 g/mol. The molecule has 0 saturated heterocycles. The number of carbonyl (C=O) groups is 1. The summed E-state index contributed by atoms with van der Waals surface area (Å²) in [5, 5.41) is 3.52. The lowest BCUT2D eigenvalue weighted by molar-refractivity contribution is 0.0601. The van der Waals surface area contributed by atoms with E-state index in [0.717, 1.165) is 23.4 Å². The average Bonchev–Trinajstić information content (AvgIpc) is 3.11. The van der Waals surface area contributed by atoms with E-state index in [2.05, 4.69) is 12.2 Å². The van der Waals surface area contributed by atoms with Crippen LogP contribution in [0.25, 0.3) is 0 Å². The molecule has 0 aromatic heterocycles. The Morgan fingerprint density at radius 3 is 2.81 bits per heavy atom. The van der Waals surface area contributed by atoms with Gasteiger partial charge in [-0.1, -0.05) is 6.42 Å². The average molecular weight is 288 g/mol. The Balaban J connectivity index is 1.73. The van der Waals surface area contributed by atoms with Gasteiger partial charge in [-0.25, -0.2) is 4.79 Å². The van der Waals surface area contributed by atoms with Gasteiger partial charge in [0.15, 0.2) is 0 Å². The minimum atomic E-state index is -0.328. The zero-order chi connectivity index (χ0) is 15.0. The fraction of sp³-hybridized carbons (Fsp3) is 0.588. The molecule has 0 aliphatic heterocycles. The van der Waals surface area contributed by atoms with E-state index in [-0.39, 0.29) is 5.97 Å². The molecule has 0 heterocycles. The lowest BCUT2D eigenvalue weighted by Gasteiger charge is -2.29. The predicted octanol–water partition coefficient (Wildman–Crippen LogP) is 3.29. The minimum absolute atomic E-state index is 0.328. The molecule has 4 nitrogen and oxygen atoms in total. The summed E-state index contributed by atoms with van der Waals surface area (Å²) in [5.74, 6) is 2.20. The molecule has 2 aliphatic rings. The number of rotatable bonds is 4. The van der Waals surface area contributed by atoms with Crippen LogP contribution in [0, 0.1) is 17.8 Å². The normalized spacial score (nSPS) is 28.4. The van der Waals surface area contributed by atoms with Gasteiger partial charge in [-0.2, -0.15) is 0 Å². The number of nitrogen functional groups attached to an aromatic ring is 1. The SMILES string of the molecule is COC(=O)c1ccc(N)c(NC(C)C2CC3CCC2C3)c1. The summed E-state index contributed by atoms with van der Waals surface area (Å²) in [6, 6.07) is 5.65. The number of carbonyl (C=O) groups excluding carboxylic acids is 1. The second kappa shape index (κ2) is 5.58. The van der Waals surface area contributed by atoms with Crippen LogP contribution < -0.4 is 11.1 Å². The maximum absolute atomic E-state index is 11.6. The first-order valence-corrected chi connectivity index (χ1v) is 7.83. The van der Waals surface area contributed by atoms with Crippen molar-refractivity contribution in [2.24, 2.45) is 17.8 Å². The highest BCUT2D eigenvalue weighted by Crippen LogP contribution is 2.50. The number of fused-ring (bicyclic) bond motifs is 2. The van der Waals surface area contributed by atoms with Crippen molar-refractivity contribution < 1.29 is 9.53 Å². The fourth-order valence-corrected chi connectivity index (χ4v) is 4.18. The first kappa shape index (κ1) is 14.2. The number of nitrogens with one attached hydrogen (secondary N) is 1. The van der Waals surface area contributed by atoms with Crippen LogP contribution in [0.2, 0.25) is 0 Å². The van der Waals surface area contributed by atoms with E-state index in [1.54, 1.807) is 18.2 Å². The molecule has 2 bridgehead atoms. The Morgan fingerprint density at radius 2 is 2.19 bits per heavy atom. The number of methoxy groups -OCH3 is 1. The van der Waals surface area contributed by atoms with E-state index in [1.165, 1.54) is 32.8 Å². The van der Waals surface area contributed by atoms with Crippen molar-refractivity contribution in [1.82, 2.24) is 0 Å². The van der Waals surface area contributed by atoms with Crippen molar-refractivity contribution >= 4 is 17.3 Å². The molecule has 4 atom stereocenters. The number of anilines is 2. The number of hydrogen-bond acceptors (Lipinski definition) is 4. The Kier molecular flexibility index (Phi) is 3.79. The van der Waals surface area contributed by atoms with Crippen molar-refractivity contribution in [3.8, 4) is 0 Å². The van der Waals surface area contributed by atoms with Crippen LogP contribution in [-0.4, -0.2) is 19.1 Å². The highest BCUT2D eigenvalue weighted by atomic mass is 16.5. The maximum Gasteiger partial charge on any atom is 0.337 e. The van der Waals surface area contributed by atoms with Crippen LogP contribution in [-0.2, 0) is 4.74 Å².